The van der Waals surface area contributed by atoms with E-state index in [0.717, 1.165) is 6.07 Å². The van der Waals surface area contributed by atoms with Crippen molar-refractivity contribution in [2.24, 2.45) is 0 Å². The van der Waals surface area contributed by atoms with Crippen molar-refractivity contribution in [3.63, 3.8) is 0 Å². The molecule has 0 radical (unpaired) electrons. The molecule has 1 fully saturated rings. The lowest BCUT2D eigenvalue weighted by Gasteiger charge is -2.34. The average molecular weight is 414 g/mol. The summed E-state index contributed by atoms with van der Waals surface area (Å²) in [5.74, 6) is 0. The number of ether oxygens (including phenoxy) is 1. The third kappa shape index (κ3) is 5.40. The molecule has 1 aliphatic heterocycles. The molecule has 1 aliphatic rings. The highest BCUT2D eigenvalue weighted by Gasteiger charge is 2.32. The number of nitrogens with one attached hydrogen (secondary N) is 1. The zero-order chi connectivity index (χ0) is 20.7. The number of non-ortho nitro benzene ring substituents is 1. The third-order valence-electron chi connectivity index (χ3n) is 4.47. The van der Waals surface area contributed by atoms with E-state index in [-0.39, 0.29) is 42.8 Å². The SMILES string of the molecule is CCOCCCNC(=O)N1CCN(S(=O)(=O)c2cc([N+](=O)[O-])ccc2C)CC1. The van der Waals surface area contributed by atoms with Gasteiger partial charge in [0, 0.05) is 58.1 Å². The van der Waals surface area contributed by atoms with E-state index in [1.165, 1.54) is 16.4 Å². The topological polar surface area (TPSA) is 122 Å². The van der Waals surface area contributed by atoms with E-state index in [1.807, 2.05) is 6.92 Å². The first kappa shape index (κ1) is 22.1. The Bertz CT molecular complexity index is 806. The molecule has 1 aromatic rings. The van der Waals surface area contributed by atoms with Crippen molar-refractivity contribution in [3.8, 4) is 0 Å². The van der Waals surface area contributed by atoms with Crippen LogP contribution in [0.3, 0.4) is 0 Å². The van der Waals surface area contributed by atoms with Crippen molar-refractivity contribution in [1.29, 1.82) is 0 Å². The number of sulfonamides is 1. The van der Waals surface area contributed by atoms with Crippen LogP contribution in [0.1, 0.15) is 18.9 Å². The minimum atomic E-state index is -3.87. The normalized spacial score (nSPS) is 15.4. The fraction of sp³-hybridized carbons (Fsp3) is 0.588. The highest BCUT2D eigenvalue weighted by molar-refractivity contribution is 7.89. The molecule has 10 nitrogen and oxygen atoms in total. The molecule has 0 aliphatic carbocycles. The Hall–Kier alpha value is -2.24. The molecule has 0 spiro atoms. The van der Waals surface area contributed by atoms with Gasteiger partial charge in [-0.2, -0.15) is 4.31 Å². The zero-order valence-corrected chi connectivity index (χ0v) is 16.9. The van der Waals surface area contributed by atoms with E-state index >= 15 is 0 Å². The van der Waals surface area contributed by atoms with Crippen molar-refractivity contribution in [2.75, 3.05) is 45.9 Å². The second kappa shape index (κ2) is 9.80. The smallest absolute Gasteiger partial charge is 0.317 e. The average Bonchev–Trinajstić information content (AvgIpc) is 2.67. The number of nitrogens with zero attached hydrogens (tertiary/aromatic N) is 3. The number of urea groups is 1. The summed E-state index contributed by atoms with van der Waals surface area (Å²) in [6, 6.07) is 3.56. The number of hydrogen-bond acceptors (Lipinski definition) is 6. The number of rotatable bonds is 8. The molecule has 28 heavy (non-hydrogen) atoms. The molecule has 0 aromatic heterocycles. The molecule has 1 N–H and O–H groups in total. The van der Waals surface area contributed by atoms with Crippen molar-refractivity contribution in [1.82, 2.24) is 14.5 Å². The van der Waals surface area contributed by atoms with Gasteiger partial charge in [0.2, 0.25) is 10.0 Å². The lowest BCUT2D eigenvalue weighted by Crippen LogP contribution is -2.53. The number of aryl methyl sites for hydroxylation is 1. The van der Waals surface area contributed by atoms with Crippen molar-refractivity contribution < 1.29 is 22.9 Å². The van der Waals surface area contributed by atoms with E-state index in [4.69, 9.17) is 4.74 Å². The number of hydrogen-bond donors (Lipinski definition) is 1. The lowest BCUT2D eigenvalue weighted by atomic mass is 10.2. The van der Waals surface area contributed by atoms with Crippen LogP contribution in [-0.2, 0) is 14.8 Å². The van der Waals surface area contributed by atoms with Crippen LogP contribution in [0.2, 0.25) is 0 Å². The molecule has 0 unspecified atom stereocenters. The maximum absolute atomic E-state index is 12.9. The molecular weight excluding hydrogens is 388 g/mol. The molecule has 1 heterocycles. The number of carbonyl (C=O) groups excluding carboxylic acids is 1. The Morgan fingerprint density at radius 1 is 1.29 bits per heavy atom. The minimum Gasteiger partial charge on any atom is -0.382 e. The predicted molar refractivity (Wildman–Crippen MR) is 103 cm³/mol. The minimum absolute atomic E-state index is 0.0736. The standard InChI is InChI=1S/C17H26N4O6S/c1-3-27-12-4-7-18-17(22)19-8-10-20(11-9-19)28(25,26)16-13-15(21(23)24)6-5-14(16)2/h5-6,13H,3-4,7-12H2,1-2H3,(H,18,22). The van der Waals surface area contributed by atoms with Crippen LogP contribution >= 0.6 is 0 Å². The van der Waals surface area contributed by atoms with Gasteiger partial charge in [0.1, 0.15) is 0 Å². The van der Waals surface area contributed by atoms with Crippen LogP contribution in [0.15, 0.2) is 23.1 Å². The molecule has 2 amide bonds. The van der Waals surface area contributed by atoms with E-state index < -0.39 is 14.9 Å². The molecule has 0 saturated carbocycles. The van der Waals surface area contributed by atoms with Gasteiger partial charge in [0.25, 0.3) is 5.69 Å². The van der Waals surface area contributed by atoms with Gasteiger partial charge < -0.3 is 15.0 Å². The Labute approximate surface area is 164 Å². The highest BCUT2D eigenvalue weighted by Crippen LogP contribution is 2.25. The summed E-state index contributed by atoms with van der Waals surface area (Å²) in [6.07, 6.45) is 0.708. The first-order valence-corrected chi connectivity index (χ1v) is 10.6. The molecule has 0 atom stereocenters. The van der Waals surface area contributed by atoms with E-state index in [9.17, 15) is 23.3 Å². The fourth-order valence-electron chi connectivity index (χ4n) is 2.88. The first-order valence-electron chi connectivity index (χ1n) is 9.13. The number of amides is 2. The van der Waals surface area contributed by atoms with Gasteiger partial charge in [0.15, 0.2) is 0 Å². The fourth-order valence-corrected chi connectivity index (χ4v) is 4.54. The van der Waals surface area contributed by atoms with E-state index in [2.05, 4.69) is 5.32 Å². The monoisotopic (exact) mass is 414 g/mol. The van der Waals surface area contributed by atoms with Crippen LogP contribution < -0.4 is 5.32 Å². The maximum atomic E-state index is 12.9. The number of piperazine rings is 1. The second-order valence-electron chi connectivity index (χ2n) is 6.38. The number of nitro groups is 1. The van der Waals surface area contributed by atoms with Crippen molar-refractivity contribution in [3.05, 3.63) is 33.9 Å². The van der Waals surface area contributed by atoms with Crippen molar-refractivity contribution >= 4 is 21.7 Å². The van der Waals surface area contributed by atoms with Crippen molar-refractivity contribution in [2.45, 2.75) is 25.2 Å². The second-order valence-corrected chi connectivity index (χ2v) is 8.29. The van der Waals surface area contributed by atoms with Crippen LogP contribution in [-0.4, -0.2) is 74.5 Å². The Balaban J connectivity index is 1.96. The van der Waals surface area contributed by atoms with Gasteiger partial charge in [-0.05, 0) is 25.8 Å². The molecule has 0 bridgehead atoms. The molecule has 156 valence electrons. The third-order valence-corrected chi connectivity index (χ3v) is 6.51. The maximum Gasteiger partial charge on any atom is 0.317 e. The lowest BCUT2D eigenvalue weighted by molar-refractivity contribution is -0.385. The number of carbonyl (C=O) groups is 1. The van der Waals surface area contributed by atoms with Gasteiger partial charge >= 0.3 is 6.03 Å². The van der Waals surface area contributed by atoms with Gasteiger partial charge in [-0.3, -0.25) is 10.1 Å². The largest absolute Gasteiger partial charge is 0.382 e. The van der Waals surface area contributed by atoms with Crippen LogP contribution in [0.25, 0.3) is 0 Å². The Kier molecular flexibility index (Phi) is 7.72. The van der Waals surface area contributed by atoms with E-state index in [1.54, 1.807) is 11.8 Å². The van der Waals surface area contributed by atoms with Crippen LogP contribution in [0.5, 0.6) is 0 Å². The quantitative estimate of drug-likeness (QED) is 0.389. The zero-order valence-electron chi connectivity index (χ0n) is 16.1. The van der Waals surface area contributed by atoms with Crippen LogP contribution in [0.4, 0.5) is 10.5 Å². The van der Waals surface area contributed by atoms with Gasteiger partial charge in [-0.25, -0.2) is 13.2 Å². The molecular formula is C17H26N4O6S. The van der Waals surface area contributed by atoms with E-state index in [0.29, 0.717) is 31.7 Å². The number of nitro benzene ring substituents is 1. The molecule has 11 heteroatoms. The Morgan fingerprint density at radius 2 is 1.96 bits per heavy atom. The molecule has 1 saturated heterocycles. The van der Waals surface area contributed by atoms with Gasteiger partial charge in [0.05, 0.1) is 9.82 Å². The summed E-state index contributed by atoms with van der Waals surface area (Å²) in [4.78, 5) is 24.0. The molecule has 2 rings (SSSR count). The number of benzene rings is 1. The Morgan fingerprint density at radius 3 is 2.57 bits per heavy atom. The summed E-state index contributed by atoms with van der Waals surface area (Å²) >= 11 is 0. The van der Waals surface area contributed by atoms with Gasteiger partial charge in [-0.15, -0.1) is 0 Å². The summed E-state index contributed by atoms with van der Waals surface area (Å²) in [5, 5.41) is 13.8. The summed E-state index contributed by atoms with van der Waals surface area (Å²) in [7, 11) is -3.87. The summed E-state index contributed by atoms with van der Waals surface area (Å²) in [5.41, 5.74) is 0.175. The van der Waals surface area contributed by atoms with Crippen LogP contribution in [0, 0.1) is 17.0 Å². The summed E-state index contributed by atoms with van der Waals surface area (Å²) in [6.45, 7) is 5.98. The highest BCUT2D eigenvalue weighted by atomic mass is 32.2. The first-order chi connectivity index (χ1) is 13.3. The summed E-state index contributed by atoms with van der Waals surface area (Å²) < 4.78 is 32.3. The molecule has 1 aromatic carbocycles. The van der Waals surface area contributed by atoms with Gasteiger partial charge in [-0.1, -0.05) is 6.07 Å². The predicted octanol–water partition coefficient (Wildman–Crippen LogP) is 1.35.